The van der Waals surface area contributed by atoms with Gasteiger partial charge in [-0.2, -0.15) is 0 Å². The van der Waals surface area contributed by atoms with Crippen LogP contribution in [0.3, 0.4) is 0 Å². The van der Waals surface area contributed by atoms with Crippen molar-refractivity contribution in [3.63, 3.8) is 0 Å². The number of amides is 1. The van der Waals surface area contributed by atoms with E-state index < -0.39 is 0 Å². The van der Waals surface area contributed by atoms with Crippen molar-refractivity contribution in [3.05, 3.63) is 47.5 Å². The van der Waals surface area contributed by atoms with E-state index in [1.165, 1.54) is 25.5 Å². The van der Waals surface area contributed by atoms with E-state index in [0.29, 0.717) is 29.4 Å². The molecule has 0 atom stereocenters. The Morgan fingerprint density at radius 2 is 1.71 bits per heavy atom. The van der Waals surface area contributed by atoms with E-state index in [4.69, 9.17) is 14.2 Å². The van der Waals surface area contributed by atoms with Crippen LogP contribution in [0.15, 0.2) is 36.4 Å². The van der Waals surface area contributed by atoms with Gasteiger partial charge >= 0.3 is 0 Å². The lowest BCUT2D eigenvalue weighted by Gasteiger charge is -2.36. The van der Waals surface area contributed by atoms with Crippen LogP contribution in [-0.2, 0) is 0 Å². The molecule has 2 aromatic carbocycles. The second-order valence-electron chi connectivity index (χ2n) is 7.66. The summed E-state index contributed by atoms with van der Waals surface area (Å²) in [5.41, 5.74) is 3.03. The van der Waals surface area contributed by atoms with Crippen LogP contribution >= 0.6 is 0 Å². The molecule has 7 heteroatoms. The van der Waals surface area contributed by atoms with E-state index in [0.717, 1.165) is 39.1 Å². The van der Waals surface area contributed by atoms with Crippen molar-refractivity contribution < 1.29 is 19.0 Å². The van der Waals surface area contributed by atoms with Crippen molar-refractivity contribution in [2.75, 3.05) is 65.5 Å². The fourth-order valence-corrected chi connectivity index (χ4v) is 3.93. The van der Waals surface area contributed by atoms with Crippen molar-refractivity contribution in [3.8, 4) is 17.2 Å². The largest absolute Gasteiger partial charge is 0.493 e. The number of anilines is 1. The number of hydrogen-bond donors (Lipinski definition) is 1. The molecular formula is C24H33N3O4. The van der Waals surface area contributed by atoms with Gasteiger partial charge < -0.3 is 24.4 Å². The number of methoxy groups -OCH3 is 3. The van der Waals surface area contributed by atoms with E-state index in [9.17, 15) is 4.79 Å². The number of piperazine rings is 1. The molecule has 1 fully saturated rings. The van der Waals surface area contributed by atoms with Crippen LogP contribution < -0.4 is 24.4 Å². The van der Waals surface area contributed by atoms with Crippen molar-refractivity contribution in [2.24, 2.45) is 0 Å². The lowest BCUT2D eigenvalue weighted by molar-refractivity contribution is 0.0947. The van der Waals surface area contributed by atoms with Crippen LogP contribution in [0.2, 0.25) is 0 Å². The zero-order valence-corrected chi connectivity index (χ0v) is 18.9. The molecule has 7 nitrogen and oxygen atoms in total. The molecule has 31 heavy (non-hydrogen) atoms. The van der Waals surface area contributed by atoms with E-state index in [2.05, 4.69) is 46.3 Å². The molecule has 0 aromatic heterocycles. The number of nitrogens with one attached hydrogen (secondary N) is 1. The molecular weight excluding hydrogens is 394 g/mol. The molecule has 168 valence electrons. The topological polar surface area (TPSA) is 63.3 Å². The summed E-state index contributed by atoms with van der Waals surface area (Å²) in [6.45, 7) is 7.82. The average Bonchev–Trinajstić information content (AvgIpc) is 2.80. The molecule has 0 unspecified atom stereocenters. The minimum Gasteiger partial charge on any atom is -0.493 e. The van der Waals surface area contributed by atoms with Crippen LogP contribution in [0.25, 0.3) is 0 Å². The first-order valence-corrected chi connectivity index (χ1v) is 10.7. The maximum atomic E-state index is 12.7. The number of hydrogen-bond acceptors (Lipinski definition) is 6. The predicted octanol–water partition coefficient (Wildman–Crippen LogP) is 2.96. The number of carbonyl (C=O) groups is 1. The second-order valence-corrected chi connectivity index (χ2v) is 7.66. The third-order valence-corrected chi connectivity index (χ3v) is 5.62. The summed E-state index contributed by atoms with van der Waals surface area (Å²) in [5.74, 6) is 1.15. The maximum Gasteiger partial charge on any atom is 0.255 e. The van der Waals surface area contributed by atoms with Gasteiger partial charge in [0.25, 0.3) is 5.91 Å². The van der Waals surface area contributed by atoms with Gasteiger partial charge in [-0.25, -0.2) is 0 Å². The van der Waals surface area contributed by atoms with E-state index in [1.807, 2.05) is 0 Å². The van der Waals surface area contributed by atoms with Crippen molar-refractivity contribution in [2.45, 2.75) is 13.3 Å². The highest BCUT2D eigenvalue weighted by atomic mass is 16.5. The van der Waals surface area contributed by atoms with E-state index in [1.54, 1.807) is 19.2 Å². The highest BCUT2D eigenvalue weighted by Crippen LogP contribution is 2.39. The summed E-state index contributed by atoms with van der Waals surface area (Å²) < 4.78 is 16.0. The zero-order chi connectivity index (χ0) is 22.2. The van der Waals surface area contributed by atoms with Crippen molar-refractivity contribution in [1.29, 1.82) is 0 Å². The van der Waals surface area contributed by atoms with Gasteiger partial charge in [-0.15, -0.1) is 0 Å². The molecule has 1 N–H and O–H groups in total. The molecule has 1 amide bonds. The van der Waals surface area contributed by atoms with Gasteiger partial charge in [0.15, 0.2) is 11.5 Å². The number of benzene rings is 2. The summed E-state index contributed by atoms with van der Waals surface area (Å²) in [6.07, 6.45) is 0.895. The molecule has 0 bridgehead atoms. The third-order valence-electron chi connectivity index (χ3n) is 5.62. The molecule has 0 saturated carbocycles. The number of ether oxygens (including phenoxy) is 3. The Labute approximate surface area is 184 Å². The Balaban J connectivity index is 1.45. The normalized spacial score (nSPS) is 14.3. The number of rotatable bonds is 9. The second kappa shape index (κ2) is 10.9. The molecule has 1 heterocycles. The average molecular weight is 428 g/mol. The number of carbonyl (C=O) groups excluding carboxylic acids is 1. The fraction of sp³-hybridized carbons (Fsp3) is 0.458. The summed E-state index contributed by atoms with van der Waals surface area (Å²) in [6, 6.07) is 12.1. The third kappa shape index (κ3) is 5.61. The first-order chi connectivity index (χ1) is 15.1. The van der Waals surface area contributed by atoms with Crippen LogP contribution in [0.4, 0.5) is 5.69 Å². The molecule has 3 rings (SSSR count). The van der Waals surface area contributed by atoms with E-state index >= 15 is 0 Å². The van der Waals surface area contributed by atoms with E-state index in [-0.39, 0.29) is 5.91 Å². The minimum absolute atomic E-state index is 0.179. The van der Waals surface area contributed by atoms with Crippen LogP contribution in [0, 0.1) is 6.92 Å². The van der Waals surface area contributed by atoms with Gasteiger partial charge in [0.1, 0.15) is 0 Å². The predicted molar refractivity (Wildman–Crippen MR) is 123 cm³/mol. The number of nitrogens with zero attached hydrogens (tertiary/aromatic N) is 2. The van der Waals surface area contributed by atoms with Gasteiger partial charge in [0.05, 0.1) is 26.9 Å². The summed E-state index contributed by atoms with van der Waals surface area (Å²) in [5, 5.41) is 2.99. The number of aryl methyl sites for hydroxylation is 1. The standard InChI is InChI=1S/C24H33N3O4/c1-18-7-5-8-19(17-18)27-15-13-26(14-16-27)12-6-11-25-24(28)20-9-10-21(29-2)23(31-4)22(20)30-3/h5,7-10,17H,6,11-16H2,1-4H3,(H,25,28). The monoisotopic (exact) mass is 427 g/mol. The Kier molecular flexibility index (Phi) is 8.00. The molecule has 0 spiro atoms. The molecule has 2 aromatic rings. The molecule has 1 aliphatic heterocycles. The fourth-order valence-electron chi connectivity index (χ4n) is 3.93. The SMILES string of the molecule is COc1ccc(C(=O)NCCCN2CCN(c3cccc(C)c3)CC2)c(OC)c1OC. The highest BCUT2D eigenvalue weighted by molar-refractivity contribution is 5.98. The Morgan fingerprint density at radius 3 is 2.35 bits per heavy atom. The van der Waals surface area contributed by atoms with Crippen molar-refractivity contribution in [1.82, 2.24) is 10.2 Å². The molecule has 0 aliphatic carbocycles. The smallest absolute Gasteiger partial charge is 0.255 e. The summed E-state index contributed by atoms with van der Waals surface area (Å²) in [4.78, 5) is 17.6. The van der Waals surface area contributed by atoms with Gasteiger partial charge in [-0.1, -0.05) is 12.1 Å². The van der Waals surface area contributed by atoms with Crippen LogP contribution in [0.1, 0.15) is 22.3 Å². The Hall–Kier alpha value is -2.93. The zero-order valence-electron chi connectivity index (χ0n) is 18.9. The summed E-state index contributed by atoms with van der Waals surface area (Å²) >= 11 is 0. The van der Waals surface area contributed by atoms with Gasteiger partial charge in [-0.05, 0) is 49.7 Å². The molecule has 1 saturated heterocycles. The quantitative estimate of drug-likeness (QED) is 0.621. The Bertz CT molecular complexity index is 879. The maximum absolute atomic E-state index is 12.7. The lowest BCUT2D eigenvalue weighted by Crippen LogP contribution is -2.47. The van der Waals surface area contributed by atoms with Gasteiger partial charge in [-0.3, -0.25) is 9.69 Å². The lowest BCUT2D eigenvalue weighted by atomic mass is 10.1. The Morgan fingerprint density at radius 1 is 0.968 bits per heavy atom. The van der Waals surface area contributed by atoms with Crippen LogP contribution in [0.5, 0.6) is 17.2 Å². The minimum atomic E-state index is -0.179. The van der Waals surface area contributed by atoms with Gasteiger partial charge in [0, 0.05) is 38.4 Å². The highest BCUT2D eigenvalue weighted by Gasteiger charge is 2.21. The first-order valence-electron chi connectivity index (χ1n) is 10.7. The molecule has 1 aliphatic rings. The summed E-state index contributed by atoms with van der Waals surface area (Å²) in [7, 11) is 4.60. The first kappa shape index (κ1) is 22.7. The van der Waals surface area contributed by atoms with Crippen LogP contribution in [-0.4, -0.2) is 71.4 Å². The van der Waals surface area contributed by atoms with Gasteiger partial charge in [0.2, 0.25) is 5.75 Å². The molecule has 0 radical (unpaired) electrons. The van der Waals surface area contributed by atoms with Crippen molar-refractivity contribution >= 4 is 11.6 Å².